The summed E-state index contributed by atoms with van der Waals surface area (Å²) in [5.74, 6) is 0.938. The van der Waals surface area contributed by atoms with Crippen LogP contribution in [0.15, 0.2) is 24.3 Å². The summed E-state index contributed by atoms with van der Waals surface area (Å²) in [6, 6.07) is 10.4. The van der Waals surface area contributed by atoms with Crippen molar-refractivity contribution in [2.45, 2.75) is 26.4 Å². The molecule has 2 aliphatic heterocycles. The first-order chi connectivity index (χ1) is 19.3. The van der Waals surface area contributed by atoms with E-state index in [4.69, 9.17) is 15.1 Å². The number of aryl methyl sites for hydroxylation is 2. The number of fused-ring (bicyclic) bond motifs is 1. The van der Waals surface area contributed by atoms with Gasteiger partial charge in [-0.1, -0.05) is 59.4 Å². The van der Waals surface area contributed by atoms with Gasteiger partial charge in [0.2, 0.25) is 16.0 Å². The van der Waals surface area contributed by atoms with E-state index in [0.29, 0.717) is 35.3 Å². The van der Waals surface area contributed by atoms with Gasteiger partial charge >= 0.3 is 0 Å². The summed E-state index contributed by atoms with van der Waals surface area (Å²) in [4.78, 5) is 31.7. The highest BCUT2D eigenvalue weighted by molar-refractivity contribution is 7.20. The fourth-order valence-electron chi connectivity index (χ4n) is 5.04. The number of benzene rings is 1. The van der Waals surface area contributed by atoms with Crippen LogP contribution in [0.3, 0.4) is 0 Å². The molecule has 2 fully saturated rings. The number of carbonyl (C=O) groups is 1. The minimum Gasteiger partial charge on any atom is -0.389 e. The number of hydrogen-bond donors (Lipinski definition) is 1. The topological polar surface area (TPSA) is 117 Å². The number of thiazole rings is 1. The van der Waals surface area contributed by atoms with Crippen molar-refractivity contribution in [1.29, 1.82) is 5.26 Å². The molecule has 2 saturated heterocycles. The summed E-state index contributed by atoms with van der Waals surface area (Å²) in [5, 5.41) is 25.9. The number of imidazole rings is 1. The lowest BCUT2D eigenvalue weighted by atomic mass is 10.1. The van der Waals surface area contributed by atoms with Gasteiger partial charge in [0.05, 0.1) is 18.3 Å². The monoisotopic (exact) mass is 577 g/mol. The van der Waals surface area contributed by atoms with E-state index >= 15 is 0 Å². The van der Waals surface area contributed by atoms with Crippen molar-refractivity contribution in [2.24, 2.45) is 0 Å². The second kappa shape index (κ2) is 10.8. The lowest BCUT2D eigenvalue weighted by Crippen LogP contribution is -2.57. The summed E-state index contributed by atoms with van der Waals surface area (Å²) in [5.41, 5.74) is 3.70. The van der Waals surface area contributed by atoms with Crippen LogP contribution in [0, 0.1) is 18.3 Å². The van der Waals surface area contributed by atoms with Gasteiger partial charge in [-0.15, -0.1) is 5.10 Å². The minimum absolute atomic E-state index is 0.0820. The number of likely N-dealkylation sites (tertiary alicyclic amines) is 1. The number of nitrogens with zero attached hydrogens (tertiary/aromatic N) is 9. The molecule has 1 N–H and O–H groups in total. The number of nitriles is 1. The van der Waals surface area contributed by atoms with Gasteiger partial charge in [-0.25, -0.2) is 9.97 Å². The second-order valence-electron chi connectivity index (χ2n) is 10.2. The minimum atomic E-state index is -0.374. The number of carbonyl (C=O) groups excluding carboxylic acids is 1. The lowest BCUT2D eigenvalue weighted by Gasteiger charge is -2.39. The summed E-state index contributed by atoms with van der Waals surface area (Å²) in [6.45, 7) is 8.49. The first kappa shape index (κ1) is 26.6. The highest BCUT2D eigenvalue weighted by Crippen LogP contribution is 2.38. The van der Waals surface area contributed by atoms with Crippen LogP contribution in [0.25, 0.3) is 16.2 Å². The van der Waals surface area contributed by atoms with Crippen molar-refractivity contribution in [3.8, 4) is 17.3 Å². The Kier molecular flexibility index (Phi) is 7.18. The molecule has 0 spiro atoms. The molecule has 13 heteroatoms. The number of aliphatic hydroxyl groups is 1. The van der Waals surface area contributed by atoms with Gasteiger partial charge in [0, 0.05) is 51.9 Å². The zero-order chi connectivity index (χ0) is 28.0. The third-order valence-electron chi connectivity index (χ3n) is 7.44. The number of anilines is 3. The number of amides is 1. The van der Waals surface area contributed by atoms with Gasteiger partial charge < -0.3 is 19.8 Å². The molecule has 1 amide bonds. The van der Waals surface area contributed by atoms with Gasteiger partial charge in [0.15, 0.2) is 10.9 Å². The summed E-state index contributed by atoms with van der Waals surface area (Å²) in [6.07, 6.45) is 0.369. The van der Waals surface area contributed by atoms with E-state index in [9.17, 15) is 15.2 Å². The fourth-order valence-corrected chi connectivity index (χ4v) is 6.86. The van der Waals surface area contributed by atoms with E-state index in [1.807, 2.05) is 47.7 Å². The van der Waals surface area contributed by atoms with E-state index < -0.39 is 0 Å². The van der Waals surface area contributed by atoms with Crippen LogP contribution in [0.1, 0.15) is 23.1 Å². The highest BCUT2D eigenvalue weighted by atomic mass is 32.1. The Balaban J connectivity index is 1.21. The molecule has 0 saturated carbocycles. The molecule has 4 aromatic rings. The van der Waals surface area contributed by atoms with Gasteiger partial charge in [-0.3, -0.25) is 9.69 Å². The van der Waals surface area contributed by atoms with Crippen molar-refractivity contribution in [3.63, 3.8) is 0 Å². The molecule has 11 nitrogen and oxygen atoms in total. The first-order valence-corrected chi connectivity index (χ1v) is 15.0. The van der Waals surface area contributed by atoms with E-state index in [1.54, 1.807) is 16.2 Å². The van der Waals surface area contributed by atoms with Crippen LogP contribution in [0.4, 0.5) is 16.1 Å². The Morgan fingerprint density at radius 2 is 1.88 bits per heavy atom. The maximum absolute atomic E-state index is 12.4. The number of aromatic nitrogens is 4. The van der Waals surface area contributed by atoms with Crippen LogP contribution in [-0.4, -0.2) is 99.4 Å². The number of hydrogen-bond acceptors (Lipinski definition) is 11. The number of β-amino-alcohol motifs (C(OH)–C–C–N with tert-alkyl or cyclic N) is 1. The summed E-state index contributed by atoms with van der Waals surface area (Å²) < 4.78 is 1.89. The normalized spacial score (nSPS) is 16.4. The lowest BCUT2D eigenvalue weighted by molar-refractivity contribution is -0.142. The number of aliphatic hydroxyl groups excluding tert-OH is 1. The standard InChI is InChI=1S/C27H31N9O2S2/c1-4-20-24(32(3)25-30-23(21(13-28)39-25)18-7-5-17(2)6-8-18)36-26(29-20)40-27(31-36)34-11-9-33(10-12-34)16-22(38)35-14-19(37)15-35/h5-8,19,37H,4,9-12,14-16H2,1-3H3. The van der Waals surface area contributed by atoms with Crippen LogP contribution in [0.2, 0.25) is 0 Å². The molecule has 0 radical (unpaired) electrons. The molecule has 2 aliphatic rings. The molecule has 0 unspecified atom stereocenters. The summed E-state index contributed by atoms with van der Waals surface area (Å²) >= 11 is 2.93. The largest absolute Gasteiger partial charge is 0.389 e. The molecule has 5 heterocycles. The Hall–Kier alpha value is -3.57. The van der Waals surface area contributed by atoms with Crippen LogP contribution in [-0.2, 0) is 11.2 Å². The molecule has 40 heavy (non-hydrogen) atoms. The molecule has 0 aliphatic carbocycles. The van der Waals surface area contributed by atoms with Crippen LogP contribution >= 0.6 is 22.7 Å². The van der Waals surface area contributed by atoms with Crippen molar-refractivity contribution in [2.75, 3.05) is 62.7 Å². The number of piperazine rings is 1. The van der Waals surface area contributed by atoms with Gasteiger partial charge in [-0.05, 0) is 13.3 Å². The predicted octanol–water partition coefficient (Wildman–Crippen LogP) is 2.75. The Morgan fingerprint density at radius 3 is 2.52 bits per heavy atom. The molecule has 6 rings (SSSR count). The fraction of sp³-hybridized carbons (Fsp3) is 0.444. The van der Waals surface area contributed by atoms with Crippen LogP contribution < -0.4 is 9.80 Å². The van der Waals surface area contributed by atoms with E-state index in [-0.39, 0.29) is 12.0 Å². The molecular formula is C27H31N9O2S2. The summed E-state index contributed by atoms with van der Waals surface area (Å²) in [7, 11) is 1.95. The van der Waals surface area contributed by atoms with Gasteiger partial charge in [-0.2, -0.15) is 9.78 Å². The smallest absolute Gasteiger partial charge is 0.236 e. The Labute approximate surface area is 240 Å². The average molecular weight is 578 g/mol. The van der Waals surface area contributed by atoms with Crippen LogP contribution in [0.5, 0.6) is 0 Å². The molecule has 3 aromatic heterocycles. The number of rotatable bonds is 7. The van der Waals surface area contributed by atoms with Crippen molar-refractivity contribution in [3.05, 3.63) is 40.4 Å². The molecule has 0 atom stereocenters. The average Bonchev–Trinajstić information content (AvgIpc) is 3.64. The molecule has 208 valence electrons. The Morgan fingerprint density at radius 1 is 1.15 bits per heavy atom. The van der Waals surface area contributed by atoms with Crippen molar-refractivity contribution < 1.29 is 9.90 Å². The maximum atomic E-state index is 12.4. The van der Waals surface area contributed by atoms with Crippen molar-refractivity contribution in [1.82, 2.24) is 29.4 Å². The predicted molar refractivity (Wildman–Crippen MR) is 157 cm³/mol. The SMILES string of the molecule is CCc1nc2sc(N3CCN(CC(=O)N4CC(O)C4)CC3)nn2c1N(C)c1nc(-c2ccc(C)cc2)c(C#N)s1. The van der Waals surface area contributed by atoms with Crippen molar-refractivity contribution >= 4 is 49.6 Å². The van der Waals surface area contributed by atoms with E-state index in [2.05, 4.69) is 22.8 Å². The molecular weight excluding hydrogens is 546 g/mol. The third kappa shape index (κ3) is 4.92. The van der Waals surface area contributed by atoms with Gasteiger partial charge in [0.25, 0.3) is 0 Å². The maximum Gasteiger partial charge on any atom is 0.236 e. The van der Waals surface area contributed by atoms with E-state index in [1.165, 1.54) is 11.3 Å². The van der Waals surface area contributed by atoms with Gasteiger partial charge in [0.1, 0.15) is 16.6 Å². The zero-order valence-electron chi connectivity index (χ0n) is 22.7. The molecule has 1 aromatic carbocycles. The second-order valence-corrected chi connectivity index (χ2v) is 12.2. The first-order valence-electron chi connectivity index (χ1n) is 13.4. The Bertz CT molecular complexity index is 1570. The van der Waals surface area contributed by atoms with E-state index in [0.717, 1.165) is 65.3 Å². The third-order valence-corrected chi connectivity index (χ3v) is 9.44. The zero-order valence-corrected chi connectivity index (χ0v) is 24.4. The quantitative estimate of drug-likeness (QED) is 0.354. The highest BCUT2D eigenvalue weighted by Gasteiger charge is 2.31. The molecule has 0 bridgehead atoms.